The molecule has 2 N–H and O–H groups in total. The lowest BCUT2D eigenvalue weighted by atomic mass is 9.95. The summed E-state index contributed by atoms with van der Waals surface area (Å²) in [7, 11) is 0. The van der Waals surface area contributed by atoms with Gasteiger partial charge in [0.05, 0.1) is 0 Å². The standard InChI is InChI=1S/C19H23NO.ClH/c21-19-12-11-16(15-7-3-1-4-8-15)13-17(19)14-20-18-9-5-2-6-10-18;/h1,3-4,7-8,11-13,18,20-21H,2,5-6,9-10,14H2;1H. The van der Waals surface area contributed by atoms with E-state index in [2.05, 4.69) is 23.5 Å². The van der Waals surface area contributed by atoms with Crippen LogP contribution in [-0.2, 0) is 6.54 Å². The van der Waals surface area contributed by atoms with Crippen molar-refractivity contribution in [1.82, 2.24) is 5.32 Å². The molecular formula is C19H24ClNO. The Morgan fingerprint density at radius 3 is 2.36 bits per heavy atom. The largest absolute Gasteiger partial charge is 0.508 e. The number of benzene rings is 2. The zero-order chi connectivity index (χ0) is 14.5. The fourth-order valence-electron chi connectivity index (χ4n) is 3.10. The molecule has 2 nitrogen and oxygen atoms in total. The number of nitrogens with one attached hydrogen (secondary N) is 1. The Kier molecular flexibility index (Phi) is 6.29. The number of aromatic hydroxyl groups is 1. The molecule has 1 saturated carbocycles. The number of phenolic OH excluding ortho intramolecular Hbond substituents is 1. The number of hydrogen-bond donors (Lipinski definition) is 2. The summed E-state index contributed by atoms with van der Waals surface area (Å²) in [5.41, 5.74) is 3.34. The van der Waals surface area contributed by atoms with Gasteiger partial charge >= 0.3 is 0 Å². The van der Waals surface area contributed by atoms with Crippen LogP contribution in [0.2, 0.25) is 0 Å². The van der Waals surface area contributed by atoms with Crippen molar-refractivity contribution in [2.24, 2.45) is 0 Å². The Hall–Kier alpha value is -1.51. The summed E-state index contributed by atoms with van der Waals surface area (Å²) in [5, 5.41) is 13.7. The van der Waals surface area contributed by atoms with Gasteiger partial charge in [-0.3, -0.25) is 0 Å². The van der Waals surface area contributed by atoms with E-state index < -0.39 is 0 Å². The molecule has 1 fully saturated rings. The van der Waals surface area contributed by atoms with Crippen LogP contribution in [0, 0.1) is 0 Å². The Balaban J connectivity index is 0.00000176. The summed E-state index contributed by atoms with van der Waals surface area (Å²) in [6.45, 7) is 0.747. The molecule has 0 heterocycles. The molecule has 0 aromatic heterocycles. The van der Waals surface area contributed by atoms with Crippen LogP contribution in [0.3, 0.4) is 0 Å². The van der Waals surface area contributed by atoms with Crippen LogP contribution in [-0.4, -0.2) is 11.1 Å². The summed E-state index contributed by atoms with van der Waals surface area (Å²) < 4.78 is 0. The molecule has 22 heavy (non-hydrogen) atoms. The Morgan fingerprint density at radius 2 is 1.64 bits per heavy atom. The molecule has 0 bridgehead atoms. The predicted octanol–water partition coefficient (Wildman–Crippen LogP) is 4.90. The summed E-state index contributed by atoms with van der Waals surface area (Å²) in [5.74, 6) is 0.387. The van der Waals surface area contributed by atoms with Crippen molar-refractivity contribution in [2.45, 2.75) is 44.7 Å². The van der Waals surface area contributed by atoms with Gasteiger partial charge in [-0.05, 0) is 36.1 Å². The molecule has 118 valence electrons. The van der Waals surface area contributed by atoms with Crippen LogP contribution in [0.4, 0.5) is 0 Å². The zero-order valence-corrected chi connectivity index (χ0v) is 13.6. The first kappa shape index (κ1) is 16.9. The van der Waals surface area contributed by atoms with Crippen molar-refractivity contribution >= 4 is 12.4 Å². The lowest BCUT2D eigenvalue weighted by Crippen LogP contribution is -2.30. The van der Waals surface area contributed by atoms with Crippen LogP contribution in [0.25, 0.3) is 11.1 Å². The van der Waals surface area contributed by atoms with E-state index in [0.717, 1.165) is 17.7 Å². The predicted molar refractivity (Wildman–Crippen MR) is 94.5 cm³/mol. The Labute approximate surface area is 139 Å². The van der Waals surface area contributed by atoms with Crippen molar-refractivity contribution in [3.63, 3.8) is 0 Å². The molecule has 0 amide bonds. The van der Waals surface area contributed by atoms with Crippen molar-refractivity contribution in [3.05, 3.63) is 54.1 Å². The molecule has 2 aromatic rings. The first-order chi connectivity index (χ1) is 10.3. The minimum atomic E-state index is 0. The van der Waals surface area contributed by atoms with E-state index >= 15 is 0 Å². The second-order valence-electron chi connectivity index (χ2n) is 5.93. The van der Waals surface area contributed by atoms with Crippen molar-refractivity contribution in [3.8, 4) is 16.9 Å². The third-order valence-corrected chi connectivity index (χ3v) is 4.37. The van der Waals surface area contributed by atoms with E-state index in [-0.39, 0.29) is 12.4 Å². The maximum absolute atomic E-state index is 10.1. The van der Waals surface area contributed by atoms with E-state index in [4.69, 9.17) is 0 Å². The van der Waals surface area contributed by atoms with Gasteiger partial charge in [0.15, 0.2) is 0 Å². The van der Waals surface area contributed by atoms with E-state index in [1.54, 1.807) is 6.07 Å². The van der Waals surface area contributed by atoms with Gasteiger partial charge in [-0.1, -0.05) is 55.7 Å². The minimum Gasteiger partial charge on any atom is -0.508 e. The fraction of sp³-hybridized carbons (Fsp3) is 0.368. The second kappa shape index (κ2) is 8.21. The van der Waals surface area contributed by atoms with Crippen molar-refractivity contribution < 1.29 is 5.11 Å². The second-order valence-corrected chi connectivity index (χ2v) is 5.93. The van der Waals surface area contributed by atoms with Crippen LogP contribution in [0.15, 0.2) is 48.5 Å². The molecule has 3 heteroatoms. The van der Waals surface area contributed by atoms with Crippen LogP contribution in [0.5, 0.6) is 5.75 Å². The maximum Gasteiger partial charge on any atom is 0.120 e. The van der Waals surface area contributed by atoms with E-state index in [0.29, 0.717) is 11.8 Å². The molecule has 0 aliphatic heterocycles. The summed E-state index contributed by atoms with van der Waals surface area (Å²) in [6, 6.07) is 16.8. The molecule has 1 aliphatic rings. The summed E-state index contributed by atoms with van der Waals surface area (Å²) in [6.07, 6.45) is 6.55. The van der Waals surface area contributed by atoms with Crippen molar-refractivity contribution in [1.29, 1.82) is 0 Å². The average Bonchev–Trinajstić information content (AvgIpc) is 2.56. The highest BCUT2D eigenvalue weighted by atomic mass is 35.5. The van der Waals surface area contributed by atoms with E-state index in [1.807, 2.05) is 24.3 Å². The van der Waals surface area contributed by atoms with Crippen LogP contribution >= 0.6 is 12.4 Å². The molecule has 0 radical (unpaired) electrons. The van der Waals surface area contributed by atoms with Gasteiger partial charge in [0.2, 0.25) is 0 Å². The summed E-state index contributed by atoms with van der Waals surface area (Å²) in [4.78, 5) is 0. The molecule has 0 saturated heterocycles. The van der Waals surface area contributed by atoms with E-state index in [1.165, 1.54) is 37.7 Å². The number of phenols is 1. The zero-order valence-electron chi connectivity index (χ0n) is 12.8. The first-order valence-corrected chi connectivity index (χ1v) is 7.93. The minimum absolute atomic E-state index is 0. The topological polar surface area (TPSA) is 32.3 Å². The molecule has 2 aromatic carbocycles. The van der Waals surface area contributed by atoms with Gasteiger partial charge in [-0.25, -0.2) is 0 Å². The lowest BCUT2D eigenvalue weighted by molar-refractivity contribution is 0.369. The van der Waals surface area contributed by atoms with Gasteiger partial charge in [0.25, 0.3) is 0 Å². The lowest BCUT2D eigenvalue weighted by Gasteiger charge is -2.23. The third-order valence-electron chi connectivity index (χ3n) is 4.37. The highest BCUT2D eigenvalue weighted by Gasteiger charge is 2.13. The molecule has 3 rings (SSSR count). The van der Waals surface area contributed by atoms with Gasteiger partial charge in [-0.15, -0.1) is 12.4 Å². The van der Waals surface area contributed by atoms with Gasteiger partial charge in [-0.2, -0.15) is 0 Å². The third kappa shape index (κ3) is 4.25. The SMILES string of the molecule is Cl.Oc1ccc(-c2ccccc2)cc1CNC1CCCCC1. The highest BCUT2D eigenvalue weighted by molar-refractivity contribution is 5.85. The number of rotatable bonds is 4. The molecule has 0 atom stereocenters. The first-order valence-electron chi connectivity index (χ1n) is 7.93. The molecule has 0 unspecified atom stereocenters. The Bertz CT molecular complexity index is 579. The fourth-order valence-corrected chi connectivity index (χ4v) is 3.10. The van der Waals surface area contributed by atoms with Gasteiger partial charge in [0, 0.05) is 18.2 Å². The quantitative estimate of drug-likeness (QED) is 0.840. The highest BCUT2D eigenvalue weighted by Crippen LogP contribution is 2.26. The Morgan fingerprint density at radius 1 is 0.909 bits per heavy atom. The molecular weight excluding hydrogens is 294 g/mol. The maximum atomic E-state index is 10.1. The normalized spacial score (nSPS) is 15.3. The number of hydrogen-bond acceptors (Lipinski definition) is 2. The van der Waals surface area contributed by atoms with E-state index in [9.17, 15) is 5.11 Å². The summed E-state index contributed by atoms with van der Waals surface area (Å²) >= 11 is 0. The van der Waals surface area contributed by atoms with Crippen LogP contribution < -0.4 is 5.32 Å². The smallest absolute Gasteiger partial charge is 0.120 e. The molecule has 1 aliphatic carbocycles. The van der Waals surface area contributed by atoms with Gasteiger partial charge in [0.1, 0.15) is 5.75 Å². The molecule has 0 spiro atoms. The van der Waals surface area contributed by atoms with Crippen LogP contribution in [0.1, 0.15) is 37.7 Å². The number of halogens is 1. The van der Waals surface area contributed by atoms with Gasteiger partial charge < -0.3 is 10.4 Å². The van der Waals surface area contributed by atoms with Crippen molar-refractivity contribution in [2.75, 3.05) is 0 Å². The monoisotopic (exact) mass is 317 g/mol. The average molecular weight is 318 g/mol.